The molecule has 6 nitrogen and oxygen atoms in total. The summed E-state index contributed by atoms with van der Waals surface area (Å²) in [5.74, 6) is -1.24. The van der Waals surface area contributed by atoms with Crippen molar-refractivity contribution in [2.45, 2.75) is 13.5 Å². The summed E-state index contributed by atoms with van der Waals surface area (Å²) < 4.78 is 1.61. The molecular formula is C10H9N3O3. The fourth-order valence-electron chi connectivity index (χ4n) is 1.53. The van der Waals surface area contributed by atoms with Crippen LogP contribution in [0.3, 0.4) is 0 Å². The number of carboxylic acids is 1. The molecule has 2 heterocycles. The lowest BCUT2D eigenvalue weighted by atomic mass is 10.2. The maximum atomic E-state index is 11.8. The first-order chi connectivity index (χ1) is 7.65. The van der Waals surface area contributed by atoms with Gasteiger partial charge in [-0.2, -0.15) is 0 Å². The summed E-state index contributed by atoms with van der Waals surface area (Å²) in [7, 11) is 0. The lowest BCUT2D eigenvalue weighted by molar-refractivity contribution is 0.0695. The topological polar surface area (TPSA) is 85.1 Å². The Kier molecular flexibility index (Phi) is 2.40. The molecule has 0 aromatic carbocycles. The van der Waals surface area contributed by atoms with Gasteiger partial charge in [0.25, 0.3) is 0 Å². The SMILES string of the molecule is CCn1cc(C(=O)O)c(=O)c2cncnc21. The Balaban J connectivity index is 2.94. The van der Waals surface area contributed by atoms with Gasteiger partial charge in [0.1, 0.15) is 17.5 Å². The van der Waals surface area contributed by atoms with Gasteiger partial charge in [-0.15, -0.1) is 0 Å². The van der Waals surface area contributed by atoms with Crippen molar-refractivity contribution in [1.29, 1.82) is 0 Å². The number of rotatable bonds is 2. The number of carbonyl (C=O) groups is 1. The predicted octanol–water partition coefficient (Wildman–Crippen LogP) is 0.510. The van der Waals surface area contributed by atoms with Crippen LogP contribution in [0.2, 0.25) is 0 Å². The molecule has 82 valence electrons. The zero-order valence-electron chi connectivity index (χ0n) is 8.54. The Morgan fingerprint density at radius 3 is 2.94 bits per heavy atom. The Morgan fingerprint density at radius 1 is 1.56 bits per heavy atom. The van der Waals surface area contributed by atoms with Crippen molar-refractivity contribution in [1.82, 2.24) is 14.5 Å². The normalized spacial score (nSPS) is 10.6. The molecule has 0 amide bonds. The van der Waals surface area contributed by atoms with Crippen molar-refractivity contribution < 1.29 is 9.90 Å². The monoisotopic (exact) mass is 219 g/mol. The minimum atomic E-state index is -1.24. The van der Waals surface area contributed by atoms with E-state index in [2.05, 4.69) is 9.97 Å². The summed E-state index contributed by atoms with van der Waals surface area (Å²) in [6, 6.07) is 0. The van der Waals surface area contributed by atoms with Crippen LogP contribution in [0.5, 0.6) is 0 Å². The van der Waals surface area contributed by atoms with Gasteiger partial charge in [-0.25, -0.2) is 14.8 Å². The number of aryl methyl sites for hydroxylation is 1. The maximum Gasteiger partial charge on any atom is 0.341 e. The van der Waals surface area contributed by atoms with Gasteiger partial charge in [0.05, 0.1) is 5.39 Å². The highest BCUT2D eigenvalue weighted by Gasteiger charge is 2.14. The van der Waals surface area contributed by atoms with E-state index in [1.165, 1.54) is 18.7 Å². The summed E-state index contributed by atoms with van der Waals surface area (Å²) in [6.07, 6.45) is 3.97. The zero-order valence-corrected chi connectivity index (χ0v) is 8.54. The molecule has 1 N–H and O–H groups in total. The standard InChI is InChI=1S/C10H9N3O3/c1-2-13-4-7(10(15)16)8(14)6-3-11-5-12-9(6)13/h3-5H,2H2,1H3,(H,15,16). The summed E-state index contributed by atoms with van der Waals surface area (Å²) in [5.41, 5.74) is -0.357. The summed E-state index contributed by atoms with van der Waals surface area (Å²) in [6.45, 7) is 2.38. The van der Waals surface area contributed by atoms with Gasteiger partial charge in [-0.1, -0.05) is 0 Å². The number of carboxylic acid groups (broad SMARTS) is 1. The first-order valence-electron chi connectivity index (χ1n) is 4.71. The number of aromatic carboxylic acids is 1. The van der Waals surface area contributed by atoms with E-state index < -0.39 is 11.4 Å². The average Bonchev–Trinajstić information content (AvgIpc) is 2.29. The zero-order chi connectivity index (χ0) is 11.7. The molecule has 2 aromatic heterocycles. The summed E-state index contributed by atoms with van der Waals surface area (Å²) in [4.78, 5) is 30.3. The van der Waals surface area contributed by atoms with Crippen LogP contribution in [0, 0.1) is 0 Å². The first kappa shape index (κ1) is 10.3. The molecule has 0 saturated heterocycles. The lowest BCUT2D eigenvalue weighted by Gasteiger charge is -2.07. The minimum Gasteiger partial charge on any atom is -0.477 e. The molecule has 0 atom stereocenters. The maximum absolute atomic E-state index is 11.8. The van der Waals surface area contributed by atoms with Crippen LogP contribution in [-0.4, -0.2) is 25.6 Å². The molecule has 6 heteroatoms. The van der Waals surface area contributed by atoms with Gasteiger partial charge in [-0.05, 0) is 6.92 Å². The molecule has 0 unspecified atom stereocenters. The molecule has 0 aliphatic heterocycles. The molecule has 0 bridgehead atoms. The molecule has 0 saturated carbocycles. The molecule has 0 fully saturated rings. The molecular weight excluding hydrogens is 210 g/mol. The van der Waals surface area contributed by atoms with E-state index in [9.17, 15) is 9.59 Å². The Morgan fingerprint density at radius 2 is 2.31 bits per heavy atom. The lowest BCUT2D eigenvalue weighted by Crippen LogP contribution is -2.19. The number of nitrogens with zero attached hydrogens (tertiary/aromatic N) is 3. The smallest absolute Gasteiger partial charge is 0.341 e. The van der Waals surface area contributed by atoms with Gasteiger partial charge >= 0.3 is 5.97 Å². The second-order valence-corrected chi connectivity index (χ2v) is 3.22. The number of pyridine rings is 1. The van der Waals surface area contributed by atoms with E-state index in [4.69, 9.17) is 5.11 Å². The van der Waals surface area contributed by atoms with Crippen molar-refractivity contribution in [3.63, 3.8) is 0 Å². The van der Waals surface area contributed by atoms with Crippen LogP contribution in [0.4, 0.5) is 0 Å². The van der Waals surface area contributed by atoms with E-state index in [-0.39, 0.29) is 10.9 Å². The van der Waals surface area contributed by atoms with Crippen LogP contribution < -0.4 is 5.43 Å². The van der Waals surface area contributed by atoms with Crippen molar-refractivity contribution in [3.05, 3.63) is 34.5 Å². The van der Waals surface area contributed by atoms with E-state index in [0.717, 1.165) is 0 Å². The number of aromatic nitrogens is 3. The van der Waals surface area contributed by atoms with Crippen LogP contribution in [-0.2, 0) is 6.54 Å². The first-order valence-corrected chi connectivity index (χ1v) is 4.71. The van der Waals surface area contributed by atoms with Gasteiger partial charge in [0, 0.05) is 18.9 Å². The van der Waals surface area contributed by atoms with E-state index in [0.29, 0.717) is 12.2 Å². The Bertz CT molecular complexity index is 618. The fourth-order valence-corrected chi connectivity index (χ4v) is 1.53. The second kappa shape index (κ2) is 3.73. The average molecular weight is 219 g/mol. The third-order valence-corrected chi connectivity index (χ3v) is 2.31. The Hall–Kier alpha value is -2.24. The molecule has 0 radical (unpaired) electrons. The Labute approximate surface area is 90.2 Å². The minimum absolute atomic E-state index is 0.226. The number of hydrogen-bond donors (Lipinski definition) is 1. The van der Waals surface area contributed by atoms with Crippen molar-refractivity contribution in [2.24, 2.45) is 0 Å². The highest BCUT2D eigenvalue weighted by molar-refractivity contribution is 5.91. The number of hydrogen-bond acceptors (Lipinski definition) is 4. The van der Waals surface area contributed by atoms with Crippen LogP contribution in [0.1, 0.15) is 17.3 Å². The van der Waals surface area contributed by atoms with E-state index in [1.807, 2.05) is 6.92 Å². The second-order valence-electron chi connectivity index (χ2n) is 3.22. The molecule has 0 spiro atoms. The van der Waals surface area contributed by atoms with Crippen LogP contribution in [0.15, 0.2) is 23.5 Å². The summed E-state index contributed by atoms with van der Waals surface area (Å²) in [5, 5.41) is 9.12. The quantitative estimate of drug-likeness (QED) is 0.795. The molecule has 0 aliphatic rings. The van der Waals surface area contributed by atoms with Crippen molar-refractivity contribution in [3.8, 4) is 0 Å². The van der Waals surface area contributed by atoms with Gasteiger partial charge in [0.2, 0.25) is 5.43 Å². The highest BCUT2D eigenvalue weighted by atomic mass is 16.4. The third kappa shape index (κ3) is 1.44. The van der Waals surface area contributed by atoms with Crippen molar-refractivity contribution in [2.75, 3.05) is 0 Å². The molecule has 2 rings (SSSR count). The summed E-state index contributed by atoms with van der Waals surface area (Å²) >= 11 is 0. The van der Waals surface area contributed by atoms with Crippen LogP contribution >= 0.6 is 0 Å². The fraction of sp³-hybridized carbons (Fsp3) is 0.200. The number of fused-ring (bicyclic) bond motifs is 1. The largest absolute Gasteiger partial charge is 0.477 e. The van der Waals surface area contributed by atoms with Crippen LogP contribution in [0.25, 0.3) is 11.0 Å². The van der Waals surface area contributed by atoms with E-state index >= 15 is 0 Å². The van der Waals surface area contributed by atoms with Gasteiger partial charge in [0.15, 0.2) is 0 Å². The molecule has 16 heavy (non-hydrogen) atoms. The van der Waals surface area contributed by atoms with Gasteiger partial charge in [-0.3, -0.25) is 4.79 Å². The molecule has 0 aliphatic carbocycles. The highest BCUT2D eigenvalue weighted by Crippen LogP contribution is 2.07. The third-order valence-electron chi connectivity index (χ3n) is 2.31. The van der Waals surface area contributed by atoms with E-state index in [1.54, 1.807) is 4.57 Å². The van der Waals surface area contributed by atoms with Gasteiger partial charge < -0.3 is 9.67 Å². The predicted molar refractivity (Wildman–Crippen MR) is 56.4 cm³/mol. The van der Waals surface area contributed by atoms with Crippen molar-refractivity contribution >= 4 is 17.0 Å². The molecule has 2 aromatic rings.